The van der Waals surface area contributed by atoms with E-state index < -0.39 is 5.97 Å². The minimum Gasteiger partial charge on any atom is -0.488 e. The number of nitrogens with zero attached hydrogens (tertiary/aromatic N) is 1. The van der Waals surface area contributed by atoms with Gasteiger partial charge in [0.15, 0.2) is 0 Å². The summed E-state index contributed by atoms with van der Waals surface area (Å²) < 4.78 is 27.0. The Morgan fingerprint density at radius 1 is 1.06 bits per heavy atom. The fourth-order valence-electron chi connectivity index (χ4n) is 3.86. The molecule has 0 amide bonds. The summed E-state index contributed by atoms with van der Waals surface area (Å²) in [7, 11) is 0. The highest BCUT2D eigenvalue weighted by atomic mass is 19.1. The van der Waals surface area contributed by atoms with Crippen LogP contribution in [0.3, 0.4) is 0 Å². The average molecular weight is 417 g/mol. The third kappa shape index (κ3) is 4.37. The van der Waals surface area contributed by atoms with Crippen LogP contribution in [0.25, 0.3) is 0 Å². The molecule has 0 saturated carbocycles. The summed E-state index contributed by atoms with van der Waals surface area (Å²) in [5.41, 5.74) is 2.60. The number of carbonyl (C=O) groups is 1. The SMILES string of the molecule is C=CCN1Cc2c(F)c(C)c(C(=O)Oc3ccccc3)c(OCc3ccccc3)c2C1. The van der Waals surface area contributed by atoms with Gasteiger partial charge in [0.25, 0.3) is 0 Å². The molecule has 0 bridgehead atoms. The quantitative estimate of drug-likeness (QED) is 0.292. The highest BCUT2D eigenvalue weighted by Gasteiger charge is 2.33. The Hall–Kier alpha value is -3.44. The van der Waals surface area contributed by atoms with E-state index >= 15 is 4.39 Å². The maximum atomic E-state index is 15.3. The Labute approximate surface area is 181 Å². The molecule has 3 aromatic rings. The van der Waals surface area contributed by atoms with E-state index in [1.807, 2.05) is 36.4 Å². The van der Waals surface area contributed by atoms with Crippen LogP contribution in [0.1, 0.15) is 32.6 Å². The Bertz CT molecular complexity index is 1100. The fourth-order valence-corrected chi connectivity index (χ4v) is 3.86. The minimum atomic E-state index is -0.629. The van der Waals surface area contributed by atoms with Gasteiger partial charge in [-0.05, 0) is 24.6 Å². The summed E-state index contributed by atoms with van der Waals surface area (Å²) >= 11 is 0. The molecule has 1 aliphatic rings. The lowest BCUT2D eigenvalue weighted by molar-refractivity contribution is 0.0728. The highest BCUT2D eigenvalue weighted by Crippen LogP contribution is 2.39. The van der Waals surface area contributed by atoms with E-state index in [-0.39, 0.29) is 23.6 Å². The van der Waals surface area contributed by atoms with Crippen molar-refractivity contribution < 1.29 is 18.7 Å². The van der Waals surface area contributed by atoms with E-state index in [4.69, 9.17) is 9.47 Å². The topological polar surface area (TPSA) is 38.8 Å². The number of fused-ring (bicyclic) bond motifs is 1. The third-order valence-corrected chi connectivity index (χ3v) is 5.37. The number of hydrogen-bond acceptors (Lipinski definition) is 4. The number of para-hydroxylation sites is 1. The molecule has 0 fully saturated rings. The van der Waals surface area contributed by atoms with Crippen LogP contribution in [0.15, 0.2) is 73.3 Å². The predicted octanol–water partition coefficient (Wildman–Crippen LogP) is 5.43. The van der Waals surface area contributed by atoms with Gasteiger partial charge in [-0.25, -0.2) is 9.18 Å². The van der Waals surface area contributed by atoms with E-state index in [1.54, 1.807) is 37.3 Å². The smallest absolute Gasteiger partial charge is 0.347 e. The van der Waals surface area contributed by atoms with Crippen LogP contribution in [0.5, 0.6) is 11.5 Å². The zero-order chi connectivity index (χ0) is 21.8. The largest absolute Gasteiger partial charge is 0.488 e. The first kappa shape index (κ1) is 20.8. The van der Waals surface area contributed by atoms with Crippen molar-refractivity contribution in [1.29, 1.82) is 0 Å². The van der Waals surface area contributed by atoms with Crippen LogP contribution < -0.4 is 9.47 Å². The summed E-state index contributed by atoms with van der Waals surface area (Å²) in [6.07, 6.45) is 1.78. The second kappa shape index (κ2) is 9.14. The number of ether oxygens (including phenoxy) is 2. The van der Waals surface area contributed by atoms with Crippen LogP contribution in [0, 0.1) is 12.7 Å². The molecule has 1 heterocycles. The van der Waals surface area contributed by atoms with Crippen molar-refractivity contribution in [2.45, 2.75) is 26.6 Å². The first-order valence-electron chi connectivity index (χ1n) is 10.2. The summed E-state index contributed by atoms with van der Waals surface area (Å²) in [4.78, 5) is 15.2. The molecule has 31 heavy (non-hydrogen) atoms. The summed E-state index contributed by atoms with van der Waals surface area (Å²) in [5.74, 6) is -0.218. The number of benzene rings is 3. The van der Waals surface area contributed by atoms with Gasteiger partial charge >= 0.3 is 5.97 Å². The number of carbonyl (C=O) groups excluding carboxylic acids is 1. The third-order valence-electron chi connectivity index (χ3n) is 5.37. The van der Waals surface area contributed by atoms with Crippen LogP contribution in [0.2, 0.25) is 0 Å². The van der Waals surface area contributed by atoms with Crippen LogP contribution in [-0.4, -0.2) is 17.4 Å². The molecule has 0 unspecified atom stereocenters. The molecule has 1 aliphatic heterocycles. The van der Waals surface area contributed by atoms with Crippen LogP contribution >= 0.6 is 0 Å². The maximum Gasteiger partial charge on any atom is 0.347 e. The van der Waals surface area contributed by atoms with E-state index in [1.165, 1.54) is 0 Å². The average Bonchev–Trinajstić information content (AvgIpc) is 3.21. The second-order valence-corrected chi connectivity index (χ2v) is 7.54. The molecule has 4 nitrogen and oxygen atoms in total. The van der Waals surface area contributed by atoms with E-state index in [0.29, 0.717) is 42.3 Å². The van der Waals surface area contributed by atoms with Gasteiger partial charge in [0.05, 0.1) is 0 Å². The fraction of sp³-hybridized carbons (Fsp3) is 0.192. The normalized spacial score (nSPS) is 13.0. The lowest BCUT2D eigenvalue weighted by atomic mass is 9.98. The molecule has 0 saturated heterocycles. The van der Waals surface area contributed by atoms with Crippen LogP contribution in [-0.2, 0) is 19.7 Å². The first-order chi connectivity index (χ1) is 15.1. The molecule has 0 aromatic heterocycles. The van der Waals surface area contributed by atoms with Crippen molar-refractivity contribution in [3.05, 3.63) is 107 Å². The Morgan fingerprint density at radius 3 is 2.39 bits per heavy atom. The lowest BCUT2D eigenvalue weighted by Gasteiger charge is -2.18. The highest BCUT2D eigenvalue weighted by molar-refractivity contribution is 5.96. The van der Waals surface area contributed by atoms with Gasteiger partial charge in [-0.1, -0.05) is 54.6 Å². The number of rotatable bonds is 7. The molecule has 158 valence electrons. The molecule has 0 spiro atoms. The standard InChI is InChI=1S/C26H24FNO3/c1-3-14-28-15-21-22(16-28)25(30-17-19-10-6-4-7-11-19)23(18(2)24(21)27)26(29)31-20-12-8-5-9-13-20/h3-13H,1,14-17H2,2H3. The predicted molar refractivity (Wildman–Crippen MR) is 118 cm³/mol. The van der Waals surface area contributed by atoms with Crippen molar-refractivity contribution in [1.82, 2.24) is 4.90 Å². The van der Waals surface area contributed by atoms with Crippen LogP contribution in [0.4, 0.5) is 4.39 Å². The van der Waals surface area contributed by atoms with Crippen molar-refractivity contribution in [3.8, 4) is 11.5 Å². The summed E-state index contributed by atoms with van der Waals surface area (Å²) in [6.45, 7) is 7.20. The number of halogens is 1. The lowest BCUT2D eigenvalue weighted by Crippen LogP contribution is -2.16. The molecule has 4 rings (SSSR count). The van der Waals surface area contributed by atoms with Gasteiger partial charge in [0.2, 0.25) is 0 Å². The molecule has 0 N–H and O–H groups in total. The zero-order valence-corrected chi connectivity index (χ0v) is 17.4. The minimum absolute atomic E-state index is 0.136. The molecule has 0 atom stereocenters. The molecular weight excluding hydrogens is 393 g/mol. The zero-order valence-electron chi connectivity index (χ0n) is 17.4. The summed E-state index contributed by atoms with van der Waals surface area (Å²) in [6, 6.07) is 18.4. The molecule has 0 radical (unpaired) electrons. The van der Waals surface area contributed by atoms with E-state index in [0.717, 1.165) is 5.56 Å². The number of hydrogen-bond donors (Lipinski definition) is 0. The second-order valence-electron chi connectivity index (χ2n) is 7.54. The van der Waals surface area contributed by atoms with Gasteiger partial charge in [0.1, 0.15) is 29.5 Å². The Kier molecular flexibility index (Phi) is 6.14. The number of esters is 1. The molecular formula is C26H24FNO3. The van der Waals surface area contributed by atoms with E-state index in [2.05, 4.69) is 11.5 Å². The van der Waals surface area contributed by atoms with Crippen molar-refractivity contribution in [2.24, 2.45) is 0 Å². The van der Waals surface area contributed by atoms with Crippen molar-refractivity contribution in [2.75, 3.05) is 6.54 Å². The van der Waals surface area contributed by atoms with Gasteiger partial charge in [0, 0.05) is 36.3 Å². The van der Waals surface area contributed by atoms with Gasteiger partial charge in [-0.3, -0.25) is 4.90 Å². The molecule has 5 heteroatoms. The summed E-state index contributed by atoms with van der Waals surface area (Å²) in [5, 5.41) is 0. The van der Waals surface area contributed by atoms with Gasteiger partial charge in [-0.2, -0.15) is 0 Å². The molecule has 3 aromatic carbocycles. The first-order valence-corrected chi connectivity index (χ1v) is 10.2. The monoisotopic (exact) mass is 417 g/mol. The van der Waals surface area contributed by atoms with Crippen molar-refractivity contribution in [3.63, 3.8) is 0 Å². The van der Waals surface area contributed by atoms with E-state index in [9.17, 15) is 4.79 Å². The Balaban J connectivity index is 1.75. The molecule has 0 aliphatic carbocycles. The van der Waals surface area contributed by atoms with Crippen molar-refractivity contribution >= 4 is 5.97 Å². The van der Waals surface area contributed by atoms with Gasteiger partial charge in [-0.15, -0.1) is 6.58 Å². The maximum absolute atomic E-state index is 15.3. The Morgan fingerprint density at radius 2 is 1.71 bits per heavy atom. The van der Waals surface area contributed by atoms with Gasteiger partial charge < -0.3 is 9.47 Å².